The van der Waals surface area contributed by atoms with Crippen LogP contribution in [0.2, 0.25) is 0 Å². The van der Waals surface area contributed by atoms with Gasteiger partial charge in [0.25, 0.3) is 0 Å². The fourth-order valence-corrected chi connectivity index (χ4v) is 3.15. The Morgan fingerprint density at radius 1 is 1.16 bits per heavy atom. The first-order chi connectivity index (χ1) is 14.8. The maximum Gasteiger partial charge on any atom is 0.416 e. The Kier molecular flexibility index (Phi) is 9.60. The third kappa shape index (κ3) is 7.57. The number of fused-ring (bicyclic) bond motifs is 1. The Hall–Kier alpha value is -2.50. The molecule has 0 spiro atoms. The van der Waals surface area contributed by atoms with Crippen molar-refractivity contribution < 1.29 is 22.7 Å². The van der Waals surface area contributed by atoms with Crippen molar-refractivity contribution in [1.82, 2.24) is 10.6 Å². The number of hydrogen-bond acceptors (Lipinski definition) is 3. The molecule has 1 aliphatic heterocycles. The average molecular weight is 562 g/mol. The molecule has 2 aromatic rings. The Bertz CT molecular complexity index is 951. The second kappa shape index (κ2) is 11.9. The zero-order valence-electron chi connectivity index (χ0n) is 17.6. The van der Waals surface area contributed by atoms with Gasteiger partial charge in [-0.05, 0) is 54.8 Å². The summed E-state index contributed by atoms with van der Waals surface area (Å²) in [4.78, 5) is 15.8. The molecule has 3 N–H and O–H groups in total. The van der Waals surface area contributed by atoms with Crippen LogP contribution in [0.15, 0.2) is 47.5 Å². The Balaban J connectivity index is 0.00000363. The largest absolute Gasteiger partial charge is 0.492 e. The molecule has 0 bridgehead atoms. The summed E-state index contributed by atoms with van der Waals surface area (Å²) < 4.78 is 44.3. The molecule has 3 rings (SSSR count). The van der Waals surface area contributed by atoms with Crippen LogP contribution in [-0.2, 0) is 23.9 Å². The number of nitrogens with one attached hydrogen (secondary N) is 3. The number of hydrogen-bond donors (Lipinski definition) is 3. The van der Waals surface area contributed by atoms with E-state index in [2.05, 4.69) is 20.9 Å². The molecule has 1 heterocycles. The van der Waals surface area contributed by atoms with Crippen molar-refractivity contribution in [2.75, 3.05) is 25.0 Å². The predicted molar refractivity (Wildman–Crippen MR) is 129 cm³/mol. The van der Waals surface area contributed by atoms with E-state index in [1.165, 1.54) is 6.07 Å². The lowest BCUT2D eigenvalue weighted by Crippen LogP contribution is -2.39. The highest BCUT2D eigenvalue weighted by atomic mass is 127. The van der Waals surface area contributed by atoms with Gasteiger partial charge in [0.15, 0.2) is 5.96 Å². The number of anilines is 1. The van der Waals surface area contributed by atoms with E-state index in [0.29, 0.717) is 49.8 Å². The molecule has 0 aromatic heterocycles. The molecule has 0 unspecified atom stereocenters. The minimum absolute atomic E-state index is 0. The second-order valence-electron chi connectivity index (χ2n) is 7.04. The Morgan fingerprint density at radius 3 is 2.72 bits per heavy atom. The fourth-order valence-electron chi connectivity index (χ4n) is 3.15. The SMILES string of the molecule is CCNC(=NCc1cccc(C(F)(F)F)c1)NCCOc1ccc2c(c1)CCC(=O)N2.I. The summed E-state index contributed by atoms with van der Waals surface area (Å²) in [6.07, 6.45) is -3.22. The number of nitrogens with zero attached hydrogens (tertiary/aromatic N) is 1. The van der Waals surface area contributed by atoms with Crippen LogP contribution < -0.4 is 20.7 Å². The minimum atomic E-state index is -4.37. The Labute approximate surface area is 202 Å². The van der Waals surface area contributed by atoms with Crippen molar-refractivity contribution in [2.24, 2.45) is 4.99 Å². The molecular formula is C22H26F3IN4O2. The number of carbonyl (C=O) groups is 1. The number of amides is 1. The van der Waals surface area contributed by atoms with Gasteiger partial charge in [-0.2, -0.15) is 13.2 Å². The molecule has 10 heteroatoms. The van der Waals surface area contributed by atoms with E-state index in [1.54, 1.807) is 12.1 Å². The van der Waals surface area contributed by atoms with Crippen LogP contribution in [-0.4, -0.2) is 31.6 Å². The molecule has 32 heavy (non-hydrogen) atoms. The number of carbonyl (C=O) groups excluding carboxylic acids is 1. The van der Waals surface area contributed by atoms with Gasteiger partial charge in [-0.25, -0.2) is 4.99 Å². The fraction of sp³-hybridized carbons (Fsp3) is 0.364. The van der Waals surface area contributed by atoms with Gasteiger partial charge in [-0.3, -0.25) is 4.79 Å². The lowest BCUT2D eigenvalue weighted by atomic mass is 10.0. The van der Waals surface area contributed by atoms with Crippen LogP contribution in [0, 0.1) is 0 Å². The number of aliphatic imine (C=N–C) groups is 1. The molecule has 0 radical (unpaired) electrons. The molecule has 0 aliphatic carbocycles. The van der Waals surface area contributed by atoms with Crippen LogP contribution in [0.5, 0.6) is 5.75 Å². The van der Waals surface area contributed by atoms with Crippen molar-refractivity contribution >= 4 is 41.5 Å². The molecule has 0 saturated heterocycles. The van der Waals surface area contributed by atoms with Crippen LogP contribution >= 0.6 is 24.0 Å². The summed E-state index contributed by atoms with van der Waals surface area (Å²) in [6.45, 7) is 3.48. The van der Waals surface area contributed by atoms with Crippen molar-refractivity contribution in [1.29, 1.82) is 0 Å². The third-order valence-electron chi connectivity index (χ3n) is 4.65. The average Bonchev–Trinajstić information content (AvgIpc) is 2.74. The molecule has 2 aromatic carbocycles. The minimum Gasteiger partial charge on any atom is -0.492 e. The standard InChI is InChI=1S/C22H25F3N4O2.HI/c1-2-26-21(28-14-15-4-3-5-17(12-15)22(23,24)25)27-10-11-31-18-7-8-19-16(13-18)6-9-20(30)29-19;/h3-5,7-8,12-13H,2,6,9-11,14H2,1H3,(H,29,30)(H2,26,27,28);1H. The van der Waals surface area contributed by atoms with Crippen molar-refractivity contribution in [3.63, 3.8) is 0 Å². The number of aryl methyl sites for hydroxylation is 1. The monoisotopic (exact) mass is 562 g/mol. The zero-order valence-corrected chi connectivity index (χ0v) is 19.9. The summed E-state index contributed by atoms with van der Waals surface area (Å²) in [6, 6.07) is 10.7. The lowest BCUT2D eigenvalue weighted by molar-refractivity contribution is -0.137. The summed E-state index contributed by atoms with van der Waals surface area (Å²) in [5.74, 6) is 1.23. The number of ether oxygens (including phenoxy) is 1. The first-order valence-corrected chi connectivity index (χ1v) is 10.1. The van der Waals surface area contributed by atoms with E-state index < -0.39 is 11.7 Å². The first kappa shape index (κ1) is 25.8. The normalized spacial score (nSPS) is 13.5. The van der Waals surface area contributed by atoms with Crippen molar-refractivity contribution in [3.05, 3.63) is 59.2 Å². The number of alkyl halides is 3. The number of guanidine groups is 1. The van der Waals surface area contributed by atoms with Crippen molar-refractivity contribution in [2.45, 2.75) is 32.5 Å². The molecule has 0 atom stereocenters. The maximum absolute atomic E-state index is 12.9. The number of rotatable bonds is 7. The van der Waals surface area contributed by atoms with E-state index in [9.17, 15) is 18.0 Å². The third-order valence-corrected chi connectivity index (χ3v) is 4.65. The zero-order chi connectivity index (χ0) is 22.3. The predicted octanol–water partition coefficient (Wildman–Crippen LogP) is 4.34. The van der Waals surface area contributed by atoms with Gasteiger partial charge in [0.2, 0.25) is 5.91 Å². The highest BCUT2D eigenvalue weighted by Crippen LogP contribution is 2.29. The van der Waals surface area contributed by atoms with Gasteiger partial charge in [-0.1, -0.05) is 12.1 Å². The summed E-state index contributed by atoms with van der Waals surface area (Å²) in [5.41, 5.74) is 1.65. The quantitative estimate of drug-likeness (QED) is 0.203. The van der Waals surface area contributed by atoms with Crippen LogP contribution in [0.25, 0.3) is 0 Å². The van der Waals surface area contributed by atoms with Crippen LogP contribution in [0.3, 0.4) is 0 Å². The molecule has 1 aliphatic rings. The smallest absolute Gasteiger partial charge is 0.416 e. The van der Waals surface area contributed by atoms with Gasteiger partial charge in [-0.15, -0.1) is 24.0 Å². The van der Waals surface area contributed by atoms with Gasteiger partial charge < -0.3 is 20.7 Å². The van der Waals surface area contributed by atoms with Gasteiger partial charge in [0.1, 0.15) is 12.4 Å². The van der Waals surface area contributed by atoms with E-state index in [-0.39, 0.29) is 36.4 Å². The maximum atomic E-state index is 12.9. The molecular weight excluding hydrogens is 536 g/mol. The van der Waals surface area contributed by atoms with Gasteiger partial charge >= 0.3 is 6.18 Å². The van der Waals surface area contributed by atoms with Crippen molar-refractivity contribution in [3.8, 4) is 5.75 Å². The van der Waals surface area contributed by atoms with Gasteiger partial charge in [0.05, 0.1) is 18.7 Å². The summed E-state index contributed by atoms with van der Waals surface area (Å²) in [5, 5.41) is 9.00. The summed E-state index contributed by atoms with van der Waals surface area (Å²) in [7, 11) is 0. The first-order valence-electron chi connectivity index (χ1n) is 10.1. The van der Waals surface area contributed by atoms with E-state index in [0.717, 1.165) is 23.4 Å². The molecule has 0 fully saturated rings. The van der Waals surface area contributed by atoms with E-state index >= 15 is 0 Å². The Morgan fingerprint density at radius 2 is 1.97 bits per heavy atom. The molecule has 0 saturated carbocycles. The molecule has 6 nitrogen and oxygen atoms in total. The highest BCUT2D eigenvalue weighted by Gasteiger charge is 2.30. The van der Waals surface area contributed by atoms with Crippen LogP contribution in [0.4, 0.5) is 18.9 Å². The van der Waals surface area contributed by atoms with Crippen LogP contribution in [0.1, 0.15) is 30.0 Å². The molecule has 1 amide bonds. The van der Waals surface area contributed by atoms with Gasteiger partial charge in [0, 0.05) is 18.7 Å². The lowest BCUT2D eigenvalue weighted by Gasteiger charge is -2.18. The highest BCUT2D eigenvalue weighted by molar-refractivity contribution is 14.0. The second-order valence-corrected chi connectivity index (χ2v) is 7.04. The number of halogens is 4. The number of benzene rings is 2. The summed E-state index contributed by atoms with van der Waals surface area (Å²) >= 11 is 0. The van der Waals surface area contributed by atoms with E-state index in [1.807, 2.05) is 19.1 Å². The van der Waals surface area contributed by atoms with E-state index in [4.69, 9.17) is 4.74 Å². The topological polar surface area (TPSA) is 74.8 Å². The molecule has 174 valence electrons.